The van der Waals surface area contributed by atoms with Crippen LogP contribution in [-0.4, -0.2) is 37.9 Å². The van der Waals surface area contributed by atoms with E-state index in [-0.39, 0.29) is 17.5 Å². The van der Waals surface area contributed by atoms with Gasteiger partial charge in [0, 0.05) is 10.9 Å². The van der Waals surface area contributed by atoms with Crippen LogP contribution in [0.3, 0.4) is 0 Å². The van der Waals surface area contributed by atoms with Gasteiger partial charge in [0.25, 0.3) is 5.91 Å². The number of nitrogens with one attached hydrogen (secondary N) is 2. The monoisotopic (exact) mass is 508 g/mol. The summed E-state index contributed by atoms with van der Waals surface area (Å²) >= 11 is 3.65. The molecule has 3 heterocycles. The minimum absolute atomic E-state index is 0.142. The van der Waals surface area contributed by atoms with Gasteiger partial charge in [0.1, 0.15) is 4.88 Å². The van der Waals surface area contributed by atoms with Crippen molar-refractivity contribution in [3.8, 4) is 5.88 Å². The van der Waals surface area contributed by atoms with Gasteiger partial charge >= 0.3 is 0 Å². The quantitative estimate of drug-likeness (QED) is 0.325. The Balaban J connectivity index is 1.24. The molecule has 2 aromatic carbocycles. The molecular weight excluding hydrogens is 492 g/mol. The van der Waals surface area contributed by atoms with Crippen LogP contribution in [0.15, 0.2) is 57.9 Å². The number of hydrogen-bond donors (Lipinski definition) is 3. The molecule has 0 saturated carbocycles. The summed E-state index contributed by atoms with van der Waals surface area (Å²) in [7, 11) is 0. The summed E-state index contributed by atoms with van der Waals surface area (Å²) in [6, 6.07) is 14.7. The highest BCUT2D eigenvalue weighted by Gasteiger charge is 2.25. The fraction of sp³-hybridized carbons (Fsp3) is 0.0909. The van der Waals surface area contributed by atoms with Crippen molar-refractivity contribution in [1.29, 1.82) is 0 Å². The molecule has 1 aliphatic heterocycles. The van der Waals surface area contributed by atoms with Crippen LogP contribution in [-0.2, 0) is 9.59 Å². The Bertz CT molecular complexity index is 1530. The first-order chi connectivity index (χ1) is 16.5. The Morgan fingerprint density at radius 2 is 1.85 bits per heavy atom. The van der Waals surface area contributed by atoms with E-state index in [2.05, 4.69) is 30.8 Å². The molecule has 9 nitrogen and oxygen atoms in total. The number of anilines is 3. The van der Waals surface area contributed by atoms with Gasteiger partial charge in [-0.3, -0.25) is 9.59 Å². The number of carbonyl (C=O) groups excluding carboxylic acids is 2. The van der Waals surface area contributed by atoms with E-state index in [0.29, 0.717) is 35.6 Å². The van der Waals surface area contributed by atoms with Crippen molar-refractivity contribution in [3.05, 3.63) is 69.5 Å². The second kappa shape index (κ2) is 9.33. The van der Waals surface area contributed by atoms with Crippen molar-refractivity contribution in [1.82, 2.24) is 15.2 Å². The Kier molecular flexibility index (Phi) is 6.09. The van der Waals surface area contributed by atoms with Crippen LogP contribution in [0.25, 0.3) is 5.57 Å². The lowest BCUT2D eigenvalue weighted by atomic mass is 10.1. The van der Waals surface area contributed by atoms with Gasteiger partial charge in [0.15, 0.2) is 9.47 Å². The van der Waals surface area contributed by atoms with Crippen LogP contribution in [0, 0.1) is 6.92 Å². The maximum absolute atomic E-state index is 12.4. The molecule has 2 aromatic heterocycles. The molecule has 0 spiro atoms. The van der Waals surface area contributed by atoms with Gasteiger partial charge in [0.2, 0.25) is 16.9 Å². The smallest absolute Gasteiger partial charge is 0.279 e. The topological polar surface area (TPSA) is 129 Å². The summed E-state index contributed by atoms with van der Waals surface area (Å²) < 4.78 is 0.607. The summed E-state index contributed by atoms with van der Waals surface area (Å²) in [5, 5.41) is 26.4. The first-order valence-electron chi connectivity index (χ1n) is 9.99. The Morgan fingerprint density at radius 3 is 2.68 bits per heavy atom. The number of thioether (sulfide) groups is 1. The lowest BCUT2D eigenvalue weighted by Crippen LogP contribution is -2.22. The van der Waals surface area contributed by atoms with Crippen LogP contribution >= 0.6 is 34.4 Å². The number of fused-ring (bicyclic) bond motifs is 1. The SMILES string of the molecule is Cc1ccc(NC(=O)CSc2nnc(Nc3nc(O)c(C4=c5ccccc5=NC4=O)s3)s2)cc1. The van der Waals surface area contributed by atoms with Gasteiger partial charge < -0.3 is 15.7 Å². The molecule has 34 heavy (non-hydrogen) atoms. The van der Waals surface area contributed by atoms with Gasteiger partial charge in [-0.25, -0.2) is 4.99 Å². The standard InChI is InChI=1S/C22H16N6O3S3/c1-11-6-8-12(9-7-11)23-15(29)10-32-22-28-27-21(34-22)26-20-25-19(31)17(33-20)16-13-4-2-3-5-14(13)24-18(16)30/h2-9,31H,10H2,1H3,(H,23,29)(H,25,26,27). The third-order valence-electron chi connectivity index (χ3n) is 4.73. The molecule has 2 amide bonds. The zero-order valence-electron chi connectivity index (χ0n) is 17.6. The van der Waals surface area contributed by atoms with Crippen molar-refractivity contribution in [2.24, 2.45) is 4.99 Å². The van der Waals surface area contributed by atoms with Gasteiger partial charge in [-0.2, -0.15) is 4.98 Å². The number of benzene rings is 2. The highest BCUT2D eigenvalue weighted by molar-refractivity contribution is 8.01. The van der Waals surface area contributed by atoms with E-state index < -0.39 is 5.91 Å². The van der Waals surface area contributed by atoms with Crippen LogP contribution < -0.4 is 21.2 Å². The van der Waals surface area contributed by atoms with E-state index >= 15 is 0 Å². The molecule has 0 atom stereocenters. The Hall–Kier alpha value is -3.61. The van der Waals surface area contributed by atoms with E-state index in [0.717, 1.165) is 22.6 Å². The Morgan fingerprint density at radius 1 is 1.06 bits per heavy atom. The van der Waals surface area contributed by atoms with E-state index in [9.17, 15) is 14.7 Å². The van der Waals surface area contributed by atoms with E-state index in [1.807, 2.05) is 37.3 Å². The summed E-state index contributed by atoms with van der Waals surface area (Å²) in [4.78, 5) is 33.1. The van der Waals surface area contributed by atoms with Gasteiger partial charge in [-0.1, -0.05) is 70.3 Å². The fourth-order valence-electron chi connectivity index (χ4n) is 3.18. The first-order valence-corrected chi connectivity index (χ1v) is 12.6. The maximum atomic E-state index is 12.4. The largest absolute Gasteiger partial charge is 0.492 e. The lowest BCUT2D eigenvalue weighted by molar-refractivity contribution is -0.114. The van der Waals surface area contributed by atoms with Crippen LogP contribution in [0.2, 0.25) is 0 Å². The highest BCUT2D eigenvalue weighted by atomic mass is 32.2. The number of amides is 2. The number of aromatic hydroxyl groups is 1. The zero-order chi connectivity index (χ0) is 23.7. The Labute approximate surface area is 205 Å². The minimum atomic E-state index is -0.412. The summed E-state index contributed by atoms with van der Waals surface area (Å²) in [6.07, 6.45) is 0. The number of hydrogen-bond acceptors (Lipinski definition) is 10. The lowest BCUT2D eigenvalue weighted by Gasteiger charge is -2.04. The fourth-order valence-corrected chi connectivity index (χ4v) is 5.71. The highest BCUT2D eigenvalue weighted by Crippen LogP contribution is 2.36. The second-order valence-electron chi connectivity index (χ2n) is 7.18. The number of para-hydroxylation sites is 1. The van der Waals surface area contributed by atoms with E-state index in [1.54, 1.807) is 18.2 Å². The first kappa shape index (κ1) is 22.2. The predicted molar refractivity (Wildman–Crippen MR) is 132 cm³/mol. The van der Waals surface area contributed by atoms with Crippen molar-refractivity contribution < 1.29 is 14.7 Å². The van der Waals surface area contributed by atoms with Crippen molar-refractivity contribution in [2.75, 3.05) is 16.4 Å². The molecule has 0 bridgehead atoms. The molecule has 0 radical (unpaired) electrons. The summed E-state index contributed by atoms with van der Waals surface area (Å²) in [6.45, 7) is 1.98. The van der Waals surface area contributed by atoms with Crippen LogP contribution in [0.1, 0.15) is 10.4 Å². The minimum Gasteiger partial charge on any atom is -0.492 e. The zero-order valence-corrected chi connectivity index (χ0v) is 20.1. The van der Waals surface area contributed by atoms with E-state index in [4.69, 9.17) is 0 Å². The predicted octanol–water partition coefficient (Wildman–Crippen LogP) is 2.84. The molecule has 0 aliphatic carbocycles. The average Bonchev–Trinajstić information content (AvgIpc) is 3.50. The molecular formula is C22H16N6O3S3. The normalized spacial score (nSPS) is 12.4. The van der Waals surface area contributed by atoms with Crippen LogP contribution in [0.5, 0.6) is 5.88 Å². The molecule has 0 saturated heterocycles. The second-order valence-corrected chi connectivity index (χ2v) is 10.4. The van der Waals surface area contributed by atoms with E-state index in [1.165, 1.54) is 23.1 Å². The number of rotatable bonds is 7. The van der Waals surface area contributed by atoms with Crippen LogP contribution in [0.4, 0.5) is 16.0 Å². The summed E-state index contributed by atoms with van der Waals surface area (Å²) in [5.41, 5.74) is 2.19. The molecule has 0 unspecified atom stereocenters. The average molecular weight is 509 g/mol. The number of nitrogens with zero attached hydrogens (tertiary/aromatic N) is 4. The third kappa shape index (κ3) is 4.69. The maximum Gasteiger partial charge on any atom is 0.279 e. The number of aryl methyl sites for hydroxylation is 1. The number of aromatic nitrogens is 3. The number of carbonyl (C=O) groups is 2. The third-order valence-corrected chi connectivity index (χ3v) is 7.68. The molecule has 0 fully saturated rings. The van der Waals surface area contributed by atoms with Crippen molar-refractivity contribution in [2.45, 2.75) is 11.3 Å². The number of thiazole rings is 1. The molecule has 5 rings (SSSR count). The van der Waals surface area contributed by atoms with Crippen molar-refractivity contribution in [3.63, 3.8) is 0 Å². The summed E-state index contributed by atoms with van der Waals surface area (Å²) in [5.74, 6) is -0.620. The van der Waals surface area contributed by atoms with Gasteiger partial charge in [-0.05, 0) is 25.1 Å². The molecule has 12 heteroatoms. The van der Waals surface area contributed by atoms with Gasteiger partial charge in [-0.15, -0.1) is 10.2 Å². The molecule has 170 valence electrons. The molecule has 3 N–H and O–H groups in total. The molecule has 1 aliphatic rings. The van der Waals surface area contributed by atoms with Gasteiger partial charge in [0.05, 0.1) is 16.7 Å². The molecule has 4 aromatic rings. The van der Waals surface area contributed by atoms with Crippen molar-refractivity contribution >= 4 is 67.8 Å².